The largest absolute Gasteiger partial charge is 0.356 e. The quantitative estimate of drug-likeness (QED) is 0.551. The number of carbonyl (C=O) groups excluding carboxylic acids is 1. The third-order valence-corrected chi connectivity index (χ3v) is 2.61. The van der Waals surface area contributed by atoms with Gasteiger partial charge in [0.05, 0.1) is 0 Å². The highest BCUT2D eigenvalue weighted by atomic mass is 16.1. The molecule has 1 amide bonds. The third kappa shape index (κ3) is 11.4. The fourth-order valence-corrected chi connectivity index (χ4v) is 1.56. The molecule has 0 bridgehead atoms. The van der Waals surface area contributed by atoms with Crippen LogP contribution in [-0.2, 0) is 4.79 Å². The molecule has 0 aliphatic rings. The van der Waals surface area contributed by atoms with Crippen molar-refractivity contribution in [3.63, 3.8) is 0 Å². The van der Waals surface area contributed by atoms with Crippen molar-refractivity contribution in [3.8, 4) is 0 Å². The van der Waals surface area contributed by atoms with Crippen LogP contribution in [0.3, 0.4) is 0 Å². The standard InChI is InChI=1S/C13H27NO/c1-3-5-7-8-9-10-12-14-13(15)11-6-4-2/h3-12H2,1-2H3,(H,14,15). The molecule has 0 aromatic rings. The molecule has 0 atom stereocenters. The second-order valence-corrected chi connectivity index (χ2v) is 4.22. The van der Waals surface area contributed by atoms with Crippen molar-refractivity contribution in [2.45, 2.75) is 71.6 Å². The van der Waals surface area contributed by atoms with Crippen molar-refractivity contribution < 1.29 is 4.79 Å². The molecule has 0 unspecified atom stereocenters. The third-order valence-electron chi connectivity index (χ3n) is 2.61. The van der Waals surface area contributed by atoms with Crippen molar-refractivity contribution in [2.75, 3.05) is 6.54 Å². The number of rotatable bonds is 10. The minimum Gasteiger partial charge on any atom is -0.356 e. The molecule has 90 valence electrons. The van der Waals surface area contributed by atoms with E-state index >= 15 is 0 Å². The maximum Gasteiger partial charge on any atom is 0.219 e. The van der Waals surface area contributed by atoms with Gasteiger partial charge >= 0.3 is 0 Å². The molecule has 1 N–H and O–H groups in total. The van der Waals surface area contributed by atoms with Crippen LogP contribution >= 0.6 is 0 Å². The number of hydrogen-bond acceptors (Lipinski definition) is 1. The first-order valence-electron chi connectivity index (χ1n) is 6.58. The fraction of sp³-hybridized carbons (Fsp3) is 0.923. The lowest BCUT2D eigenvalue weighted by molar-refractivity contribution is -0.121. The monoisotopic (exact) mass is 213 g/mol. The number of hydrogen-bond donors (Lipinski definition) is 1. The van der Waals surface area contributed by atoms with Gasteiger partial charge in [0.15, 0.2) is 0 Å². The van der Waals surface area contributed by atoms with Gasteiger partial charge in [-0.05, 0) is 12.8 Å². The van der Waals surface area contributed by atoms with Crippen molar-refractivity contribution >= 4 is 5.91 Å². The molecule has 0 aromatic heterocycles. The summed E-state index contributed by atoms with van der Waals surface area (Å²) in [4.78, 5) is 11.2. The van der Waals surface area contributed by atoms with E-state index in [1.807, 2.05) is 0 Å². The van der Waals surface area contributed by atoms with Crippen LogP contribution in [0.4, 0.5) is 0 Å². The average molecular weight is 213 g/mol. The van der Waals surface area contributed by atoms with Crippen molar-refractivity contribution in [1.82, 2.24) is 5.32 Å². The Kier molecular flexibility index (Phi) is 11.1. The lowest BCUT2D eigenvalue weighted by Crippen LogP contribution is -2.23. The molecule has 0 fully saturated rings. The molecule has 0 heterocycles. The minimum atomic E-state index is 0.227. The summed E-state index contributed by atoms with van der Waals surface area (Å²) >= 11 is 0. The summed E-state index contributed by atoms with van der Waals surface area (Å²) in [6, 6.07) is 0. The fourth-order valence-electron chi connectivity index (χ4n) is 1.56. The number of nitrogens with one attached hydrogen (secondary N) is 1. The topological polar surface area (TPSA) is 29.1 Å². The Morgan fingerprint density at radius 3 is 2.13 bits per heavy atom. The molecule has 2 heteroatoms. The Hall–Kier alpha value is -0.530. The first-order chi connectivity index (χ1) is 7.31. The molecule has 0 rings (SSSR count). The van der Waals surface area contributed by atoms with Gasteiger partial charge in [-0.25, -0.2) is 0 Å². The van der Waals surface area contributed by atoms with Crippen LogP contribution in [-0.4, -0.2) is 12.5 Å². The molecular formula is C13H27NO. The van der Waals surface area contributed by atoms with Gasteiger partial charge in [-0.1, -0.05) is 52.4 Å². The van der Waals surface area contributed by atoms with E-state index in [4.69, 9.17) is 0 Å². The maximum absolute atomic E-state index is 11.2. The van der Waals surface area contributed by atoms with Crippen molar-refractivity contribution in [3.05, 3.63) is 0 Å². The molecular weight excluding hydrogens is 186 g/mol. The normalized spacial score (nSPS) is 10.3. The molecule has 0 aromatic carbocycles. The molecule has 0 saturated carbocycles. The lowest BCUT2D eigenvalue weighted by Gasteiger charge is -2.04. The minimum absolute atomic E-state index is 0.227. The molecule has 0 spiro atoms. The second-order valence-electron chi connectivity index (χ2n) is 4.22. The molecule has 0 aliphatic heterocycles. The van der Waals surface area contributed by atoms with Crippen LogP contribution in [0.1, 0.15) is 71.6 Å². The zero-order valence-corrected chi connectivity index (χ0v) is 10.5. The predicted octanol–water partition coefficient (Wildman–Crippen LogP) is 3.65. The summed E-state index contributed by atoms with van der Waals surface area (Å²) in [6.07, 6.45) is 10.5. The first kappa shape index (κ1) is 14.5. The van der Waals surface area contributed by atoms with Crippen molar-refractivity contribution in [2.24, 2.45) is 0 Å². The van der Waals surface area contributed by atoms with E-state index in [1.165, 1.54) is 32.1 Å². The summed E-state index contributed by atoms with van der Waals surface area (Å²) in [5.41, 5.74) is 0. The van der Waals surface area contributed by atoms with Gasteiger partial charge in [-0.15, -0.1) is 0 Å². The van der Waals surface area contributed by atoms with Gasteiger partial charge in [-0.2, -0.15) is 0 Å². The van der Waals surface area contributed by atoms with Gasteiger partial charge in [0.2, 0.25) is 5.91 Å². The summed E-state index contributed by atoms with van der Waals surface area (Å²) in [7, 11) is 0. The van der Waals surface area contributed by atoms with E-state index in [0.29, 0.717) is 6.42 Å². The zero-order chi connectivity index (χ0) is 11.4. The highest BCUT2D eigenvalue weighted by molar-refractivity contribution is 5.75. The van der Waals surface area contributed by atoms with Crippen LogP contribution < -0.4 is 5.32 Å². The van der Waals surface area contributed by atoms with Crippen LogP contribution in [0.5, 0.6) is 0 Å². The Balaban J connectivity index is 3.06. The van der Waals surface area contributed by atoms with E-state index < -0.39 is 0 Å². The number of amides is 1. The second kappa shape index (κ2) is 11.5. The molecule has 2 nitrogen and oxygen atoms in total. The van der Waals surface area contributed by atoms with Crippen LogP contribution in [0, 0.1) is 0 Å². The van der Waals surface area contributed by atoms with E-state index in [9.17, 15) is 4.79 Å². The van der Waals surface area contributed by atoms with Crippen LogP contribution in [0.15, 0.2) is 0 Å². The Labute approximate surface area is 94.8 Å². The molecule has 0 radical (unpaired) electrons. The van der Waals surface area contributed by atoms with Crippen LogP contribution in [0.2, 0.25) is 0 Å². The van der Waals surface area contributed by atoms with Gasteiger partial charge in [0, 0.05) is 13.0 Å². The number of unbranched alkanes of at least 4 members (excludes halogenated alkanes) is 6. The van der Waals surface area contributed by atoms with E-state index in [2.05, 4.69) is 19.2 Å². The van der Waals surface area contributed by atoms with Gasteiger partial charge in [0.25, 0.3) is 0 Å². The smallest absolute Gasteiger partial charge is 0.219 e. The Bertz CT molecular complexity index is 145. The maximum atomic E-state index is 11.2. The summed E-state index contributed by atoms with van der Waals surface area (Å²) < 4.78 is 0. The lowest BCUT2D eigenvalue weighted by atomic mass is 10.1. The SMILES string of the molecule is CCCCCCCCNC(=O)CCCC. The first-order valence-corrected chi connectivity index (χ1v) is 6.58. The Morgan fingerprint density at radius 1 is 0.867 bits per heavy atom. The molecule has 0 aliphatic carbocycles. The van der Waals surface area contributed by atoms with Crippen LogP contribution in [0.25, 0.3) is 0 Å². The van der Waals surface area contributed by atoms with Gasteiger partial charge < -0.3 is 5.32 Å². The highest BCUT2D eigenvalue weighted by Gasteiger charge is 1.98. The van der Waals surface area contributed by atoms with E-state index in [0.717, 1.165) is 25.8 Å². The Morgan fingerprint density at radius 2 is 1.47 bits per heavy atom. The molecule has 0 saturated heterocycles. The highest BCUT2D eigenvalue weighted by Crippen LogP contribution is 2.04. The van der Waals surface area contributed by atoms with Crippen molar-refractivity contribution in [1.29, 1.82) is 0 Å². The zero-order valence-electron chi connectivity index (χ0n) is 10.5. The van der Waals surface area contributed by atoms with E-state index in [1.54, 1.807) is 0 Å². The van der Waals surface area contributed by atoms with Gasteiger partial charge in [-0.3, -0.25) is 4.79 Å². The number of carbonyl (C=O) groups is 1. The summed E-state index contributed by atoms with van der Waals surface area (Å²) in [5.74, 6) is 0.227. The average Bonchev–Trinajstić information content (AvgIpc) is 2.25. The molecule has 15 heavy (non-hydrogen) atoms. The summed E-state index contributed by atoms with van der Waals surface area (Å²) in [6.45, 7) is 5.21. The summed E-state index contributed by atoms with van der Waals surface area (Å²) in [5, 5.41) is 2.97. The van der Waals surface area contributed by atoms with Gasteiger partial charge in [0.1, 0.15) is 0 Å². The van der Waals surface area contributed by atoms with E-state index in [-0.39, 0.29) is 5.91 Å². The predicted molar refractivity (Wildman–Crippen MR) is 65.9 cm³/mol.